The van der Waals surface area contributed by atoms with Gasteiger partial charge in [-0.1, -0.05) is 163 Å². The van der Waals surface area contributed by atoms with Crippen molar-refractivity contribution in [2.45, 2.75) is 254 Å². The van der Waals surface area contributed by atoms with Crippen LogP contribution in [0.25, 0.3) is 45.0 Å². The minimum Gasteiger partial charge on any atom is -0.453 e. The Morgan fingerprint density at radius 1 is 0.296 bits per heavy atom. The van der Waals surface area contributed by atoms with Crippen molar-refractivity contribution in [3.63, 3.8) is 0 Å². The fourth-order valence-electron chi connectivity index (χ4n) is 20.8. The highest BCUT2D eigenvalue weighted by molar-refractivity contribution is 5.90. The minimum atomic E-state index is -0.906. The van der Waals surface area contributed by atoms with Crippen LogP contribution in [0.15, 0.2) is 170 Å². The molecule has 8 amide bonds. The normalized spacial score (nSPS) is 20.9. The van der Waals surface area contributed by atoms with E-state index in [2.05, 4.69) is 238 Å². The van der Waals surface area contributed by atoms with Gasteiger partial charge in [0.15, 0.2) is 0 Å². The summed E-state index contributed by atoms with van der Waals surface area (Å²) in [5.41, 5.74) is 17.1. The molecule has 0 radical (unpaired) electrons. The van der Waals surface area contributed by atoms with Gasteiger partial charge in [0.25, 0.3) is 0 Å². The van der Waals surface area contributed by atoms with Gasteiger partial charge >= 0.3 is 24.4 Å². The number of methoxy groups -OCH3 is 8. The average Bonchev–Trinajstić information content (AvgIpc) is 1.61. The van der Waals surface area contributed by atoms with E-state index in [0.717, 1.165) is 133 Å². The van der Waals surface area contributed by atoms with Gasteiger partial charge in [-0.25, -0.2) is 39.1 Å². The molecule has 10 heterocycles. The Bertz CT molecular complexity index is 5310. The molecule has 16 rings (SSSR count). The summed E-state index contributed by atoms with van der Waals surface area (Å²) in [5.74, 6) is 1.82. The lowest BCUT2D eigenvalue weighted by molar-refractivity contribution is -0.138. The lowest BCUT2D eigenvalue weighted by Crippen LogP contribution is -2.54. The van der Waals surface area contributed by atoms with Gasteiger partial charge in [-0.2, -0.15) is 0 Å². The van der Waals surface area contributed by atoms with E-state index in [1.165, 1.54) is 90.3 Å². The van der Waals surface area contributed by atoms with Crippen LogP contribution in [0.2, 0.25) is 0 Å². The highest BCUT2D eigenvalue weighted by Gasteiger charge is 2.46. The van der Waals surface area contributed by atoms with Crippen LogP contribution < -0.4 is 31.1 Å². The number of imidazole rings is 4. The number of aromatic amines is 4. The number of ether oxygens (including phenoxy) is 8. The Kier molecular flexibility index (Phi) is 32.8. The number of hydrogen-bond donors (Lipinski definition) is 8. The molecule has 6 saturated heterocycles. The Labute approximate surface area is 830 Å². The van der Waals surface area contributed by atoms with Gasteiger partial charge in [0.05, 0.1) is 149 Å². The maximum Gasteiger partial charge on any atom is 0.407 e. The summed E-state index contributed by atoms with van der Waals surface area (Å²) in [6.45, 7) is 22.5. The molecule has 34 nitrogen and oxygen atoms in total. The van der Waals surface area contributed by atoms with Gasteiger partial charge in [0.2, 0.25) is 23.6 Å². The molecule has 6 aliphatic heterocycles. The van der Waals surface area contributed by atoms with E-state index in [-0.39, 0.29) is 82.8 Å². The zero-order chi connectivity index (χ0) is 101. The van der Waals surface area contributed by atoms with E-state index >= 15 is 0 Å². The number of nitrogens with zero attached hydrogens (tertiary/aromatic N) is 10. The summed E-state index contributed by atoms with van der Waals surface area (Å²) < 4.78 is 41.0. The number of carbonyl (C=O) groups is 8. The van der Waals surface area contributed by atoms with E-state index in [0.29, 0.717) is 49.5 Å². The Balaban J connectivity index is 0.000000214. The number of hydrogen-bond acceptors (Lipinski definition) is 22. The van der Waals surface area contributed by atoms with Crippen molar-refractivity contribution in [2.75, 3.05) is 92.9 Å². The van der Waals surface area contributed by atoms with Crippen LogP contribution in [0.3, 0.4) is 0 Å². The first-order chi connectivity index (χ1) is 68.3. The van der Waals surface area contributed by atoms with Gasteiger partial charge in [-0.3, -0.25) is 19.2 Å². The molecule has 0 spiro atoms. The van der Waals surface area contributed by atoms with Crippen LogP contribution in [0.4, 0.5) is 30.6 Å². The van der Waals surface area contributed by atoms with E-state index in [9.17, 15) is 38.4 Å². The molecule has 10 aromatic rings. The largest absolute Gasteiger partial charge is 0.453 e. The lowest BCUT2D eigenvalue weighted by atomic mass is 9.87. The number of aromatic nitrogens is 8. The maximum absolute atomic E-state index is 13.8. The third kappa shape index (κ3) is 22.7. The number of benzene rings is 6. The quantitative estimate of drug-likeness (QED) is 0.0194. The number of nitrogens with one attached hydrogen (secondary N) is 8. The molecule has 756 valence electrons. The first-order valence-electron chi connectivity index (χ1n) is 49.4. The standard InChI is InChI=1S/2C54H69N9O8/c2*1-32(68-6)46(59-52(66)70-8)50(64)61-28-10-12-44(61)48-55-30-40(57-48)34-14-18-36(19-15-34)42-26-27-43(63(42)39-24-22-38(23-25-39)54(3,4)5)37-20-16-35(17-21-37)41-31-56-49(58-41)45-13-11-29-62(45)51(65)47(33(2)69-7)60-53(67)71-9/h2*14-25,30-33,42-47H,10-13,26-29H2,1-9H3,(H,55,57)(H,56,58)(H,59,66)(H,60,67)/t32-,33-,42+,43+,44-,45-,46-,47+;32-,33-,42-,43-,44-,45-,46-,47+/m00/s1. The predicted octanol–water partition coefficient (Wildman–Crippen LogP) is 17.4. The van der Waals surface area contributed by atoms with Gasteiger partial charge in [0, 0.05) is 66.0 Å². The fraction of sp³-hybridized carbons (Fsp3) is 0.481. The van der Waals surface area contributed by atoms with Crippen LogP contribution in [-0.4, -0.2) is 239 Å². The minimum absolute atomic E-state index is 0.0175. The molecule has 6 aromatic carbocycles. The predicted molar refractivity (Wildman–Crippen MR) is 539 cm³/mol. The smallest absolute Gasteiger partial charge is 0.407 e. The summed E-state index contributed by atoms with van der Waals surface area (Å²) >= 11 is 0. The van der Waals surface area contributed by atoms with E-state index < -0.39 is 73.0 Å². The van der Waals surface area contributed by atoms with Crippen molar-refractivity contribution in [1.82, 2.24) is 80.7 Å². The maximum atomic E-state index is 13.8. The number of carbonyl (C=O) groups excluding carboxylic acids is 8. The molecule has 0 saturated carbocycles. The second-order valence-corrected chi connectivity index (χ2v) is 39.8. The van der Waals surface area contributed by atoms with E-state index in [1.54, 1.807) is 47.3 Å². The summed E-state index contributed by atoms with van der Waals surface area (Å²) in [6.07, 6.45) is 12.3. The Hall–Kier alpha value is -13.4. The van der Waals surface area contributed by atoms with Gasteiger partial charge in [-0.15, -0.1) is 0 Å². The summed E-state index contributed by atoms with van der Waals surface area (Å²) in [5, 5.41) is 10.6. The number of alkyl carbamates (subject to hydrolysis) is 4. The molecule has 34 heteroatoms. The van der Waals surface area contributed by atoms with Crippen LogP contribution >= 0.6 is 0 Å². The molecule has 4 aromatic heterocycles. The zero-order valence-corrected chi connectivity index (χ0v) is 84.7. The lowest BCUT2D eigenvalue weighted by Gasteiger charge is -2.34. The summed E-state index contributed by atoms with van der Waals surface area (Å²) in [7, 11) is 11.1. The van der Waals surface area contributed by atoms with Crippen molar-refractivity contribution in [1.29, 1.82) is 0 Å². The van der Waals surface area contributed by atoms with Gasteiger partial charge in [-0.05, 0) is 195 Å². The molecular weight excluding hydrogens is 1810 g/mol. The van der Waals surface area contributed by atoms with Crippen molar-refractivity contribution in [2.24, 2.45) is 0 Å². The molecule has 6 aliphatic rings. The zero-order valence-electron chi connectivity index (χ0n) is 84.7. The highest BCUT2D eigenvalue weighted by atomic mass is 16.6. The van der Waals surface area contributed by atoms with Gasteiger partial charge < -0.3 is 108 Å². The highest BCUT2D eigenvalue weighted by Crippen LogP contribution is 2.51. The number of amides is 8. The van der Waals surface area contributed by atoms with Crippen LogP contribution in [0.5, 0.6) is 0 Å². The number of likely N-dealkylation sites (tertiary alicyclic amines) is 4. The van der Waals surface area contributed by atoms with Crippen molar-refractivity contribution in [3.8, 4) is 45.0 Å². The third-order valence-electron chi connectivity index (χ3n) is 29.3. The molecule has 0 aliphatic carbocycles. The number of H-pyrrole nitrogens is 4. The monoisotopic (exact) mass is 1940 g/mol. The number of anilines is 2. The van der Waals surface area contributed by atoms with Crippen LogP contribution in [0, 0.1) is 0 Å². The SMILES string of the molecule is COC(=O)N[C@H](C(=O)N1CCC[C@H]1c1ncc(-c2ccc([C@@H]3CC[C@@H](c4ccc(-c5cnc([C@@H]6CCCN6C(=O)[C@H](NC(=O)OC)[C@H](C)OC)[nH]5)cc4)N3c3ccc(C(C)(C)C)cc3)cc2)[nH]1)[C@H](C)OC.COC(=O)N[C@H](C(=O)N1CCC[C@H]1c1ncc(-c2ccc([C@H]3CC[C@H](c4ccc(-c5cnc([C@@H]6CCCN6C(=O)[C@H](NC(=O)OC)[C@H](C)OC)[nH]5)cc4)N3c3ccc(C(C)(C)C)cc3)cc2)[nH]1)[C@H](C)OC. The number of rotatable bonds is 30. The van der Waals surface area contributed by atoms with Crippen LogP contribution in [0.1, 0.15) is 251 Å². The molecular formula is C108H138N18O16. The van der Waals surface area contributed by atoms with E-state index in [4.69, 9.17) is 57.8 Å². The van der Waals surface area contributed by atoms with Crippen LogP contribution in [-0.2, 0) is 67.9 Å². The topological polar surface area (TPSA) is 393 Å². The van der Waals surface area contributed by atoms with Crippen molar-refractivity contribution < 1.29 is 76.3 Å². The summed E-state index contributed by atoms with van der Waals surface area (Å²) in [6, 6.07) is 48.6. The molecule has 142 heavy (non-hydrogen) atoms. The second kappa shape index (κ2) is 45.2. The summed E-state index contributed by atoms with van der Waals surface area (Å²) in [4.78, 5) is 149. The molecule has 0 unspecified atom stereocenters. The van der Waals surface area contributed by atoms with Gasteiger partial charge in [0.1, 0.15) is 47.5 Å². The third-order valence-corrected chi connectivity index (χ3v) is 29.3. The first-order valence-corrected chi connectivity index (χ1v) is 49.4. The molecule has 6 fully saturated rings. The van der Waals surface area contributed by atoms with E-state index in [1.807, 2.05) is 24.8 Å². The molecule has 8 N–H and O–H groups in total. The second-order valence-electron chi connectivity index (χ2n) is 39.8. The molecule has 0 bridgehead atoms. The average molecular weight is 1940 g/mol. The first kappa shape index (κ1) is 103. The van der Waals surface area contributed by atoms with Crippen molar-refractivity contribution in [3.05, 3.63) is 227 Å². The fourth-order valence-corrected chi connectivity index (χ4v) is 20.8. The molecule has 16 atom stereocenters. The Morgan fingerprint density at radius 2 is 0.500 bits per heavy atom. The Morgan fingerprint density at radius 3 is 0.683 bits per heavy atom. The van der Waals surface area contributed by atoms with Crippen molar-refractivity contribution >= 4 is 59.4 Å².